The Morgan fingerprint density at radius 1 is 1.40 bits per heavy atom. The first kappa shape index (κ1) is 13.8. The number of rotatable bonds is 4. The van der Waals surface area contributed by atoms with Crippen molar-refractivity contribution < 1.29 is 9.66 Å². The van der Waals surface area contributed by atoms with Crippen LogP contribution in [0.5, 0.6) is 11.6 Å². The molecule has 1 N–H and O–H groups in total. The number of aryl methyl sites for hydroxylation is 2. The number of hydrogen-bond donors (Lipinski definition) is 1. The number of nitro groups is 1. The predicted octanol–water partition coefficient (Wildman–Crippen LogP) is 2.17. The number of nitrogens with one attached hydrogen (secondary N) is 1. The molecule has 0 spiro atoms. The fraction of sp³-hybridized carbons (Fsp3) is 0.333. The SMILES string of the molecule is CNc1cc([N+](=O)[O-])cc(Oc2c(C)nn(C)c2C)n1. The summed E-state index contributed by atoms with van der Waals surface area (Å²) in [5, 5.41) is 17.9. The maximum absolute atomic E-state index is 10.9. The summed E-state index contributed by atoms with van der Waals surface area (Å²) in [6.07, 6.45) is 0. The van der Waals surface area contributed by atoms with Crippen molar-refractivity contribution in [2.24, 2.45) is 7.05 Å². The minimum absolute atomic E-state index is 0.0847. The van der Waals surface area contributed by atoms with Crippen molar-refractivity contribution in [1.82, 2.24) is 14.8 Å². The van der Waals surface area contributed by atoms with Gasteiger partial charge < -0.3 is 10.1 Å². The second-order valence-corrected chi connectivity index (χ2v) is 4.28. The quantitative estimate of drug-likeness (QED) is 0.679. The Balaban J connectivity index is 2.42. The topological polar surface area (TPSA) is 95.1 Å². The summed E-state index contributed by atoms with van der Waals surface area (Å²) < 4.78 is 7.34. The third kappa shape index (κ3) is 2.53. The minimum Gasteiger partial charge on any atom is -0.435 e. The molecule has 0 bridgehead atoms. The van der Waals surface area contributed by atoms with Gasteiger partial charge in [-0.05, 0) is 13.8 Å². The standard InChI is InChI=1S/C12H15N5O3/c1-7-12(8(2)16(4)15-7)20-11-6-9(17(18)19)5-10(13-3)14-11/h5-6H,1-4H3,(H,13,14). The van der Waals surface area contributed by atoms with Crippen LogP contribution < -0.4 is 10.1 Å². The lowest BCUT2D eigenvalue weighted by Crippen LogP contribution is -1.99. The monoisotopic (exact) mass is 277 g/mol. The molecule has 2 heterocycles. The zero-order chi connectivity index (χ0) is 14.9. The Labute approximate surface area is 115 Å². The highest BCUT2D eigenvalue weighted by molar-refractivity contribution is 5.49. The van der Waals surface area contributed by atoms with Crippen LogP contribution in [0.3, 0.4) is 0 Å². The normalized spacial score (nSPS) is 10.4. The van der Waals surface area contributed by atoms with E-state index < -0.39 is 4.92 Å². The molecule has 2 aromatic rings. The number of pyridine rings is 1. The van der Waals surface area contributed by atoms with Crippen LogP contribution in [-0.4, -0.2) is 26.7 Å². The molecule has 0 unspecified atom stereocenters. The molecule has 2 aromatic heterocycles. The van der Waals surface area contributed by atoms with Crippen LogP contribution in [0.15, 0.2) is 12.1 Å². The molecular formula is C12H15N5O3. The van der Waals surface area contributed by atoms with E-state index in [0.29, 0.717) is 17.3 Å². The molecule has 0 aliphatic heterocycles. The Hall–Kier alpha value is -2.64. The first-order valence-corrected chi connectivity index (χ1v) is 5.94. The molecule has 0 amide bonds. The smallest absolute Gasteiger partial charge is 0.278 e. The van der Waals surface area contributed by atoms with Gasteiger partial charge >= 0.3 is 0 Å². The molecule has 0 atom stereocenters. The Morgan fingerprint density at radius 3 is 2.60 bits per heavy atom. The van der Waals surface area contributed by atoms with E-state index in [1.54, 1.807) is 25.7 Å². The average Bonchev–Trinajstić information content (AvgIpc) is 2.65. The van der Waals surface area contributed by atoms with Crippen molar-refractivity contribution in [3.05, 3.63) is 33.6 Å². The molecule has 106 valence electrons. The zero-order valence-corrected chi connectivity index (χ0v) is 11.7. The lowest BCUT2D eigenvalue weighted by molar-refractivity contribution is -0.384. The van der Waals surface area contributed by atoms with Crippen LogP contribution in [0.25, 0.3) is 0 Å². The van der Waals surface area contributed by atoms with Crippen LogP contribution in [0, 0.1) is 24.0 Å². The summed E-state index contributed by atoms with van der Waals surface area (Å²) in [6, 6.07) is 2.63. The largest absolute Gasteiger partial charge is 0.435 e. The van der Waals surface area contributed by atoms with Crippen molar-refractivity contribution in [3.8, 4) is 11.6 Å². The maximum atomic E-state index is 10.9. The summed E-state index contributed by atoms with van der Waals surface area (Å²) in [5.74, 6) is 1.08. The Bertz CT molecular complexity index is 665. The van der Waals surface area contributed by atoms with Gasteiger partial charge in [-0.3, -0.25) is 14.8 Å². The molecule has 0 aliphatic carbocycles. The zero-order valence-electron chi connectivity index (χ0n) is 11.7. The van der Waals surface area contributed by atoms with E-state index in [0.717, 1.165) is 5.69 Å². The summed E-state index contributed by atoms with van der Waals surface area (Å²) in [4.78, 5) is 14.5. The van der Waals surface area contributed by atoms with E-state index in [9.17, 15) is 10.1 Å². The third-order valence-electron chi connectivity index (χ3n) is 2.90. The number of ether oxygens (including phenoxy) is 1. The van der Waals surface area contributed by atoms with Crippen molar-refractivity contribution in [3.63, 3.8) is 0 Å². The van der Waals surface area contributed by atoms with Gasteiger partial charge in [0.2, 0.25) is 5.88 Å². The van der Waals surface area contributed by atoms with Crippen molar-refractivity contribution in [2.45, 2.75) is 13.8 Å². The molecular weight excluding hydrogens is 262 g/mol. The van der Waals surface area contributed by atoms with Gasteiger partial charge in [-0.1, -0.05) is 0 Å². The van der Waals surface area contributed by atoms with Gasteiger partial charge in [-0.15, -0.1) is 0 Å². The maximum Gasteiger partial charge on any atom is 0.278 e. The average molecular weight is 277 g/mol. The highest BCUT2D eigenvalue weighted by atomic mass is 16.6. The molecule has 2 rings (SSSR count). The molecule has 0 aromatic carbocycles. The van der Waals surface area contributed by atoms with E-state index in [1.165, 1.54) is 12.1 Å². The second-order valence-electron chi connectivity index (χ2n) is 4.28. The Morgan fingerprint density at radius 2 is 2.10 bits per heavy atom. The van der Waals surface area contributed by atoms with Gasteiger partial charge in [0.15, 0.2) is 5.75 Å². The predicted molar refractivity (Wildman–Crippen MR) is 73.2 cm³/mol. The highest BCUT2D eigenvalue weighted by Crippen LogP contribution is 2.30. The molecule has 0 aliphatic rings. The lowest BCUT2D eigenvalue weighted by Gasteiger charge is -2.07. The van der Waals surface area contributed by atoms with Gasteiger partial charge in [-0.25, -0.2) is 0 Å². The van der Waals surface area contributed by atoms with Crippen LogP contribution in [-0.2, 0) is 7.05 Å². The molecule has 8 nitrogen and oxygen atoms in total. The molecule has 20 heavy (non-hydrogen) atoms. The van der Waals surface area contributed by atoms with Crippen LogP contribution >= 0.6 is 0 Å². The Kier molecular flexibility index (Phi) is 3.55. The summed E-state index contributed by atoms with van der Waals surface area (Å²) in [5.41, 5.74) is 1.43. The van der Waals surface area contributed by atoms with E-state index in [1.807, 2.05) is 6.92 Å². The van der Waals surface area contributed by atoms with E-state index in [-0.39, 0.29) is 11.6 Å². The van der Waals surface area contributed by atoms with Crippen LogP contribution in [0.1, 0.15) is 11.4 Å². The minimum atomic E-state index is -0.488. The third-order valence-corrected chi connectivity index (χ3v) is 2.90. The van der Waals surface area contributed by atoms with Crippen LogP contribution in [0.4, 0.5) is 11.5 Å². The van der Waals surface area contributed by atoms with Crippen LogP contribution in [0.2, 0.25) is 0 Å². The van der Waals surface area contributed by atoms with Gasteiger partial charge in [0.05, 0.1) is 22.7 Å². The number of anilines is 1. The number of nitrogens with zero attached hydrogens (tertiary/aromatic N) is 4. The highest BCUT2D eigenvalue weighted by Gasteiger charge is 2.16. The molecule has 0 radical (unpaired) electrons. The molecule has 0 saturated carbocycles. The summed E-state index contributed by atoms with van der Waals surface area (Å²) in [6.45, 7) is 3.66. The van der Waals surface area contributed by atoms with E-state index in [2.05, 4.69) is 15.4 Å². The number of hydrogen-bond acceptors (Lipinski definition) is 6. The van der Waals surface area contributed by atoms with Crippen molar-refractivity contribution >= 4 is 11.5 Å². The summed E-state index contributed by atoms with van der Waals surface area (Å²) in [7, 11) is 3.44. The van der Waals surface area contributed by atoms with Crippen molar-refractivity contribution in [2.75, 3.05) is 12.4 Å². The second kappa shape index (κ2) is 5.16. The van der Waals surface area contributed by atoms with Gasteiger partial charge in [0.25, 0.3) is 5.69 Å². The summed E-state index contributed by atoms with van der Waals surface area (Å²) >= 11 is 0. The first-order chi connectivity index (χ1) is 9.42. The lowest BCUT2D eigenvalue weighted by atomic mass is 10.3. The molecule has 0 saturated heterocycles. The van der Waals surface area contributed by atoms with Gasteiger partial charge in [0, 0.05) is 14.1 Å². The molecule has 0 fully saturated rings. The van der Waals surface area contributed by atoms with E-state index in [4.69, 9.17) is 4.74 Å². The van der Waals surface area contributed by atoms with Gasteiger partial charge in [-0.2, -0.15) is 10.1 Å². The van der Waals surface area contributed by atoms with E-state index >= 15 is 0 Å². The molecule has 8 heteroatoms. The first-order valence-electron chi connectivity index (χ1n) is 5.94. The fourth-order valence-corrected chi connectivity index (χ4v) is 1.78. The van der Waals surface area contributed by atoms with Crippen molar-refractivity contribution in [1.29, 1.82) is 0 Å². The van der Waals surface area contributed by atoms with Gasteiger partial charge in [0.1, 0.15) is 11.5 Å². The number of aromatic nitrogens is 3. The fourth-order valence-electron chi connectivity index (χ4n) is 1.78.